The van der Waals surface area contributed by atoms with Crippen molar-refractivity contribution in [2.45, 2.75) is 11.8 Å². The molecule has 0 radical (unpaired) electrons. The van der Waals surface area contributed by atoms with Crippen molar-refractivity contribution in [3.63, 3.8) is 0 Å². The third kappa shape index (κ3) is 6.08. The van der Waals surface area contributed by atoms with E-state index in [1.54, 1.807) is 0 Å². The highest BCUT2D eigenvalue weighted by Crippen LogP contribution is 2.22. The fourth-order valence-corrected chi connectivity index (χ4v) is 0.453. The van der Waals surface area contributed by atoms with Crippen molar-refractivity contribution >= 4 is 15.9 Å². The minimum Gasteiger partial charge on any atom is -0.189 e. The second kappa shape index (κ2) is 2.40. The predicted molar refractivity (Wildman–Crippen MR) is 28.7 cm³/mol. The molecule has 0 fully saturated rings. The number of hydrogen-bond donors (Lipinski definition) is 0. The van der Waals surface area contributed by atoms with Crippen LogP contribution in [0.4, 0.5) is 8.78 Å². The zero-order chi connectivity index (χ0) is 5.91. The monoisotopic (exact) mass is 170 g/mol. The third-order valence-electron chi connectivity index (χ3n) is 0.356. The second-order valence-corrected chi connectivity index (χ2v) is 2.10. The van der Waals surface area contributed by atoms with Gasteiger partial charge in [0.05, 0.1) is 0 Å². The summed E-state index contributed by atoms with van der Waals surface area (Å²) >= 11 is 2.12. The van der Waals surface area contributed by atoms with Gasteiger partial charge in [0, 0.05) is 0 Å². The molecule has 0 unspecified atom stereocenters. The zero-order valence-corrected chi connectivity index (χ0v) is 5.37. The van der Waals surface area contributed by atoms with E-state index in [9.17, 15) is 8.78 Å². The molecule has 0 bridgehead atoms. The molecule has 42 valence electrons. The first-order valence-electron chi connectivity index (χ1n) is 1.77. The van der Waals surface area contributed by atoms with Gasteiger partial charge >= 0.3 is 4.83 Å². The van der Waals surface area contributed by atoms with E-state index < -0.39 is 4.83 Å². The van der Waals surface area contributed by atoms with Crippen molar-refractivity contribution in [3.8, 4) is 0 Å². The SMILES string of the molecule is C/C=C/C(F)(F)Br. The van der Waals surface area contributed by atoms with Crippen LogP contribution in [0, 0.1) is 0 Å². The molecule has 0 aliphatic rings. The third-order valence-corrected chi connectivity index (χ3v) is 0.620. The van der Waals surface area contributed by atoms with Crippen LogP contribution in [0.2, 0.25) is 0 Å². The molecule has 0 aromatic carbocycles. The summed E-state index contributed by atoms with van der Waals surface area (Å²) in [5.41, 5.74) is 0. The fraction of sp³-hybridized carbons (Fsp3) is 0.500. The van der Waals surface area contributed by atoms with Crippen LogP contribution in [0.25, 0.3) is 0 Å². The Morgan fingerprint density at radius 1 is 1.57 bits per heavy atom. The molecule has 0 aliphatic heterocycles. The van der Waals surface area contributed by atoms with Crippen LogP contribution in [0.1, 0.15) is 6.92 Å². The number of hydrogen-bond acceptors (Lipinski definition) is 0. The van der Waals surface area contributed by atoms with Crippen LogP contribution < -0.4 is 0 Å². The summed E-state index contributed by atoms with van der Waals surface area (Å²) in [4.78, 5) is -2.82. The van der Waals surface area contributed by atoms with Crippen molar-refractivity contribution in [2.75, 3.05) is 0 Å². The Bertz CT molecular complexity index is 72.2. The van der Waals surface area contributed by atoms with E-state index >= 15 is 0 Å². The molecule has 3 heteroatoms. The molecular formula is C4H5BrF2. The highest BCUT2D eigenvalue weighted by atomic mass is 79.9. The second-order valence-electron chi connectivity index (χ2n) is 1.04. The highest BCUT2D eigenvalue weighted by molar-refractivity contribution is 9.10. The Morgan fingerprint density at radius 2 is 2.00 bits per heavy atom. The van der Waals surface area contributed by atoms with Crippen molar-refractivity contribution in [1.82, 2.24) is 0 Å². The lowest BCUT2D eigenvalue weighted by Crippen LogP contribution is -1.96. The largest absolute Gasteiger partial charge is 0.319 e. The molecule has 0 atom stereocenters. The summed E-state index contributed by atoms with van der Waals surface area (Å²) in [5, 5.41) is 0. The lowest BCUT2D eigenvalue weighted by Gasteiger charge is -1.96. The van der Waals surface area contributed by atoms with Gasteiger partial charge in [-0.15, -0.1) is 0 Å². The van der Waals surface area contributed by atoms with Crippen molar-refractivity contribution < 1.29 is 8.78 Å². The van der Waals surface area contributed by atoms with Gasteiger partial charge in [-0.3, -0.25) is 0 Å². The molecule has 7 heavy (non-hydrogen) atoms. The summed E-state index contributed by atoms with van der Waals surface area (Å²) in [6.07, 6.45) is 2.06. The normalized spacial score (nSPS) is 13.1. The molecule has 0 aromatic rings. The van der Waals surface area contributed by atoms with E-state index in [0.29, 0.717) is 0 Å². The van der Waals surface area contributed by atoms with Gasteiger partial charge in [0.25, 0.3) is 0 Å². The first-order valence-corrected chi connectivity index (χ1v) is 2.56. The molecule has 0 saturated heterocycles. The van der Waals surface area contributed by atoms with Crippen molar-refractivity contribution in [3.05, 3.63) is 12.2 Å². The van der Waals surface area contributed by atoms with E-state index in [-0.39, 0.29) is 0 Å². The summed E-state index contributed by atoms with van der Waals surface area (Å²) < 4.78 is 23.1. The van der Waals surface area contributed by atoms with Gasteiger partial charge in [0.15, 0.2) is 0 Å². The van der Waals surface area contributed by atoms with Gasteiger partial charge in [0.1, 0.15) is 0 Å². The summed E-state index contributed by atoms with van der Waals surface area (Å²) in [6, 6.07) is 0. The lowest BCUT2D eigenvalue weighted by molar-refractivity contribution is 0.171. The van der Waals surface area contributed by atoms with Crippen LogP contribution >= 0.6 is 15.9 Å². The van der Waals surface area contributed by atoms with Gasteiger partial charge in [-0.2, -0.15) is 8.78 Å². The summed E-state index contributed by atoms with van der Waals surface area (Å²) in [6.45, 7) is 1.54. The van der Waals surface area contributed by atoms with Gasteiger partial charge in [-0.05, 0) is 28.9 Å². The molecular weight excluding hydrogens is 166 g/mol. The maximum absolute atomic E-state index is 11.6. The quantitative estimate of drug-likeness (QED) is 0.420. The van der Waals surface area contributed by atoms with Crippen LogP contribution in [-0.2, 0) is 0 Å². The van der Waals surface area contributed by atoms with Gasteiger partial charge < -0.3 is 0 Å². The molecule has 0 spiro atoms. The molecule has 0 saturated carbocycles. The molecule has 0 aromatic heterocycles. The minimum absolute atomic E-state index is 0.771. The molecule has 0 rings (SSSR count). The summed E-state index contributed by atoms with van der Waals surface area (Å²) in [5.74, 6) is 0. The Labute approximate surface area is 49.3 Å². The Hall–Kier alpha value is 0.0800. The van der Waals surface area contributed by atoms with Crippen LogP contribution in [0.5, 0.6) is 0 Å². The van der Waals surface area contributed by atoms with Gasteiger partial charge in [-0.1, -0.05) is 6.08 Å². The first kappa shape index (κ1) is 7.08. The van der Waals surface area contributed by atoms with Crippen molar-refractivity contribution in [2.24, 2.45) is 0 Å². The van der Waals surface area contributed by atoms with E-state index in [1.807, 2.05) is 0 Å². The number of alkyl halides is 3. The summed E-state index contributed by atoms with van der Waals surface area (Å²) in [7, 11) is 0. The standard InChI is InChI=1S/C4H5BrF2/c1-2-3-4(5,6)7/h2-3H,1H3/b3-2+. The molecule has 0 N–H and O–H groups in total. The first-order chi connectivity index (χ1) is 3.06. The van der Waals surface area contributed by atoms with Gasteiger partial charge in [-0.25, -0.2) is 0 Å². The average molecular weight is 171 g/mol. The van der Waals surface area contributed by atoms with E-state index in [0.717, 1.165) is 6.08 Å². The van der Waals surface area contributed by atoms with Crippen LogP contribution in [-0.4, -0.2) is 4.83 Å². The Kier molecular flexibility index (Phi) is 2.43. The maximum atomic E-state index is 11.6. The smallest absolute Gasteiger partial charge is 0.189 e. The molecule has 0 amide bonds. The zero-order valence-electron chi connectivity index (χ0n) is 3.79. The number of allylic oxidation sites excluding steroid dienone is 2. The average Bonchev–Trinajstić information content (AvgIpc) is 1.30. The number of rotatable bonds is 1. The fourth-order valence-electron chi connectivity index (χ4n) is 0.189. The highest BCUT2D eigenvalue weighted by Gasteiger charge is 2.16. The molecule has 0 heterocycles. The molecule has 0 nitrogen and oxygen atoms in total. The lowest BCUT2D eigenvalue weighted by atomic mass is 10.5. The number of halogens is 3. The Balaban J connectivity index is 3.56. The van der Waals surface area contributed by atoms with E-state index in [1.165, 1.54) is 13.0 Å². The maximum Gasteiger partial charge on any atom is 0.319 e. The topological polar surface area (TPSA) is 0 Å². The predicted octanol–water partition coefficient (Wildman–Crippen LogP) is 2.55. The van der Waals surface area contributed by atoms with Crippen molar-refractivity contribution in [1.29, 1.82) is 0 Å². The van der Waals surface area contributed by atoms with Crippen LogP contribution in [0.15, 0.2) is 12.2 Å². The van der Waals surface area contributed by atoms with E-state index in [4.69, 9.17) is 0 Å². The Morgan fingerprint density at radius 3 is 2.00 bits per heavy atom. The van der Waals surface area contributed by atoms with Crippen LogP contribution in [0.3, 0.4) is 0 Å². The minimum atomic E-state index is -2.82. The van der Waals surface area contributed by atoms with Gasteiger partial charge in [0.2, 0.25) is 0 Å². The van der Waals surface area contributed by atoms with E-state index in [2.05, 4.69) is 15.9 Å². The molecule has 0 aliphatic carbocycles.